The fourth-order valence-corrected chi connectivity index (χ4v) is 2.14. The Morgan fingerprint density at radius 2 is 2.21 bits per heavy atom. The number of nitrogens with one attached hydrogen (secondary N) is 1. The van der Waals surface area contributed by atoms with Crippen molar-refractivity contribution in [1.82, 2.24) is 14.8 Å². The summed E-state index contributed by atoms with van der Waals surface area (Å²) in [5, 5.41) is 8.22. The maximum atomic E-state index is 6.05. The average Bonchev–Trinajstić information content (AvgIpc) is 2.77. The smallest absolute Gasteiger partial charge is 0.146 e. The van der Waals surface area contributed by atoms with E-state index in [1.54, 1.807) is 6.33 Å². The summed E-state index contributed by atoms with van der Waals surface area (Å²) in [5.74, 6) is 1.47. The van der Waals surface area contributed by atoms with E-state index in [4.69, 9.17) is 11.6 Å². The van der Waals surface area contributed by atoms with Crippen LogP contribution in [0, 0.1) is 5.92 Å². The summed E-state index contributed by atoms with van der Waals surface area (Å²) in [6.07, 6.45) is 1.59. The number of hydrogen-bond acceptors (Lipinski definition) is 3. The van der Waals surface area contributed by atoms with Gasteiger partial charge in [0.1, 0.15) is 12.2 Å². The zero-order valence-corrected chi connectivity index (χ0v) is 13.2. The molecule has 6 heteroatoms. The summed E-state index contributed by atoms with van der Waals surface area (Å²) in [4.78, 5) is 4.27. The number of halogens is 2. The Bertz CT molecular complexity index is 553. The SMILES string of the molecule is CC(C)Cn1ncnc1CNc1ccc(Br)c(Cl)c1. The molecule has 1 heterocycles. The molecule has 0 aliphatic rings. The van der Waals surface area contributed by atoms with Gasteiger partial charge in [0.25, 0.3) is 0 Å². The fraction of sp³-hybridized carbons (Fsp3) is 0.385. The first-order valence-corrected chi connectivity index (χ1v) is 7.29. The summed E-state index contributed by atoms with van der Waals surface area (Å²) in [7, 11) is 0. The second-order valence-corrected chi connectivity index (χ2v) is 6.00. The molecule has 1 aromatic heterocycles. The lowest BCUT2D eigenvalue weighted by molar-refractivity contribution is 0.468. The van der Waals surface area contributed by atoms with E-state index in [0.29, 0.717) is 17.5 Å². The number of aromatic nitrogens is 3. The Morgan fingerprint density at radius 1 is 1.42 bits per heavy atom. The van der Waals surface area contributed by atoms with Crippen molar-refractivity contribution in [2.24, 2.45) is 5.92 Å². The second kappa shape index (κ2) is 6.39. The zero-order valence-electron chi connectivity index (χ0n) is 10.9. The Morgan fingerprint density at radius 3 is 2.89 bits per heavy atom. The standard InChI is InChI=1S/C13H16BrClN4/c1-9(2)7-19-13(17-8-18-19)6-16-10-3-4-11(14)12(15)5-10/h3-5,8-9,16H,6-7H2,1-2H3. The molecule has 0 spiro atoms. The topological polar surface area (TPSA) is 42.7 Å². The van der Waals surface area contributed by atoms with Crippen LogP contribution in [0.25, 0.3) is 0 Å². The van der Waals surface area contributed by atoms with Crippen molar-refractivity contribution >= 4 is 33.2 Å². The van der Waals surface area contributed by atoms with Gasteiger partial charge in [-0.3, -0.25) is 0 Å². The van der Waals surface area contributed by atoms with Crippen molar-refractivity contribution in [3.05, 3.63) is 39.8 Å². The largest absolute Gasteiger partial charge is 0.378 e. The quantitative estimate of drug-likeness (QED) is 0.893. The highest BCUT2D eigenvalue weighted by Gasteiger charge is 2.06. The van der Waals surface area contributed by atoms with Crippen LogP contribution in [-0.2, 0) is 13.1 Å². The molecule has 0 saturated heterocycles. The molecule has 0 bridgehead atoms. The Labute approximate surface area is 126 Å². The van der Waals surface area contributed by atoms with Crippen LogP contribution in [0.1, 0.15) is 19.7 Å². The Balaban J connectivity index is 2.02. The minimum atomic E-state index is 0.544. The van der Waals surface area contributed by atoms with Crippen LogP contribution in [0.5, 0.6) is 0 Å². The lowest BCUT2D eigenvalue weighted by Gasteiger charge is -2.10. The zero-order chi connectivity index (χ0) is 13.8. The normalized spacial score (nSPS) is 11.0. The molecule has 4 nitrogen and oxygen atoms in total. The number of nitrogens with zero attached hydrogens (tertiary/aromatic N) is 3. The van der Waals surface area contributed by atoms with E-state index < -0.39 is 0 Å². The van der Waals surface area contributed by atoms with Crippen LogP contribution in [-0.4, -0.2) is 14.8 Å². The molecule has 1 N–H and O–H groups in total. The van der Waals surface area contributed by atoms with Crippen molar-refractivity contribution < 1.29 is 0 Å². The third kappa shape index (κ3) is 3.94. The van der Waals surface area contributed by atoms with Gasteiger partial charge in [0.05, 0.1) is 11.6 Å². The predicted molar refractivity (Wildman–Crippen MR) is 81.3 cm³/mol. The van der Waals surface area contributed by atoms with Gasteiger partial charge in [0.2, 0.25) is 0 Å². The van der Waals surface area contributed by atoms with E-state index in [9.17, 15) is 0 Å². The number of rotatable bonds is 5. The van der Waals surface area contributed by atoms with Gasteiger partial charge >= 0.3 is 0 Å². The maximum absolute atomic E-state index is 6.05. The lowest BCUT2D eigenvalue weighted by atomic mass is 10.2. The van der Waals surface area contributed by atoms with E-state index in [1.807, 2.05) is 22.9 Å². The molecule has 0 saturated carbocycles. The van der Waals surface area contributed by atoms with Crippen LogP contribution in [0.2, 0.25) is 5.02 Å². The van der Waals surface area contributed by atoms with E-state index in [2.05, 4.69) is 45.2 Å². The van der Waals surface area contributed by atoms with E-state index in [0.717, 1.165) is 22.5 Å². The maximum Gasteiger partial charge on any atom is 0.146 e. The first-order chi connectivity index (χ1) is 9.06. The highest BCUT2D eigenvalue weighted by molar-refractivity contribution is 9.10. The fourth-order valence-electron chi connectivity index (χ4n) is 1.71. The lowest BCUT2D eigenvalue weighted by Crippen LogP contribution is -2.13. The van der Waals surface area contributed by atoms with Gasteiger partial charge in [-0.2, -0.15) is 5.10 Å². The molecule has 0 aliphatic heterocycles. The third-order valence-electron chi connectivity index (χ3n) is 2.60. The molecule has 1 aromatic carbocycles. The van der Waals surface area contributed by atoms with Gasteiger partial charge in [-0.25, -0.2) is 9.67 Å². The second-order valence-electron chi connectivity index (χ2n) is 4.73. The molecular formula is C13H16BrClN4. The molecule has 0 amide bonds. The van der Waals surface area contributed by atoms with E-state index >= 15 is 0 Å². The Kier molecular flexibility index (Phi) is 4.82. The van der Waals surface area contributed by atoms with Crippen LogP contribution in [0.15, 0.2) is 29.0 Å². The van der Waals surface area contributed by atoms with Gasteiger partial charge in [-0.15, -0.1) is 0 Å². The average molecular weight is 344 g/mol. The van der Waals surface area contributed by atoms with Crippen LogP contribution in [0.3, 0.4) is 0 Å². The predicted octanol–water partition coefficient (Wildman–Crippen LogP) is 3.96. The minimum Gasteiger partial charge on any atom is -0.378 e. The molecule has 0 aliphatic carbocycles. The Hall–Kier alpha value is -1.07. The monoisotopic (exact) mass is 342 g/mol. The summed E-state index contributed by atoms with van der Waals surface area (Å²) in [5.41, 5.74) is 0.965. The third-order valence-corrected chi connectivity index (χ3v) is 3.84. The van der Waals surface area contributed by atoms with Crippen LogP contribution >= 0.6 is 27.5 Å². The first kappa shape index (κ1) is 14.3. The minimum absolute atomic E-state index is 0.544. The van der Waals surface area contributed by atoms with E-state index in [-0.39, 0.29) is 0 Å². The molecule has 0 atom stereocenters. The van der Waals surface area contributed by atoms with Crippen LogP contribution < -0.4 is 5.32 Å². The molecule has 0 fully saturated rings. The molecule has 102 valence electrons. The molecule has 2 aromatic rings. The van der Waals surface area contributed by atoms with Gasteiger partial charge in [0.15, 0.2) is 0 Å². The van der Waals surface area contributed by atoms with Gasteiger partial charge < -0.3 is 5.32 Å². The molecule has 19 heavy (non-hydrogen) atoms. The molecule has 0 unspecified atom stereocenters. The first-order valence-electron chi connectivity index (χ1n) is 6.12. The molecule has 0 radical (unpaired) electrons. The van der Waals surface area contributed by atoms with Gasteiger partial charge in [-0.1, -0.05) is 25.4 Å². The highest BCUT2D eigenvalue weighted by atomic mass is 79.9. The summed E-state index contributed by atoms with van der Waals surface area (Å²) >= 11 is 9.43. The van der Waals surface area contributed by atoms with Crippen molar-refractivity contribution in [2.75, 3.05) is 5.32 Å². The van der Waals surface area contributed by atoms with Gasteiger partial charge in [-0.05, 0) is 40.0 Å². The highest BCUT2D eigenvalue weighted by Crippen LogP contribution is 2.25. The summed E-state index contributed by atoms with van der Waals surface area (Å²) in [6, 6.07) is 5.78. The van der Waals surface area contributed by atoms with Crippen molar-refractivity contribution in [2.45, 2.75) is 26.9 Å². The number of benzene rings is 1. The van der Waals surface area contributed by atoms with Crippen molar-refractivity contribution in [3.8, 4) is 0 Å². The van der Waals surface area contributed by atoms with Crippen molar-refractivity contribution in [3.63, 3.8) is 0 Å². The van der Waals surface area contributed by atoms with Crippen molar-refractivity contribution in [1.29, 1.82) is 0 Å². The number of anilines is 1. The van der Waals surface area contributed by atoms with E-state index in [1.165, 1.54) is 0 Å². The summed E-state index contributed by atoms with van der Waals surface area (Å²) in [6.45, 7) is 5.82. The van der Waals surface area contributed by atoms with Gasteiger partial charge in [0, 0.05) is 16.7 Å². The molecule has 2 rings (SSSR count). The van der Waals surface area contributed by atoms with Crippen LogP contribution in [0.4, 0.5) is 5.69 Å². The summed E-state index contributed by atoms with van der Waals surface area (Å²) < 4.78 is 2.82. The molecular weight excluding hydrogens is 328 g/mol. The number of hydrogen-bond donors (Lipinski definition) is 1.